The molecular formula is C20H23BrN2O3S. The third kappa shape index (κ3) is 4.78. The first-order chi connectivity index (χ1) is 12.9. The van der Waals surface area contributed by atoms with Crippen LogP contribution in [0.25, 0.3) is 0 Å². The summed E-state index contributed by atoms with van der Waals surface area (Å²) in [6.45, 7) is 2.68. The summed E-state index contributed by atoms with van der Waals surface area (Å²) in [5, 5.41) is 3.05. The molecule has 0 saturated carbocycles. The van der Waals surface area contributed by atoms with E-state index in [0.29, 0.717) is 30.8 Å². The molecule has 7 heteroatoms. The number of nitrogens with one attached hydrogen (secondary N) is 1. The third-order valence-electron chi connectivity index (χ3n) is 4.93. The summed E-state index contributed by atoms with van der Waals surface area (Å²) >= 11 is 3.41. The van der Waals surface area contributed by atoms with E-state index in [2.05, 4.69) is 21.2 Å². The van der Waals surface area contributed by atoms with Gasteiger partial charge in [-0.05, 0) is 49.6 Å². The molecule has 0 radical (unpaired) electrons. The molecule has 1 fully saturated rings. The molecule has 144 valence electrons. The van der Waals surface area contributed by atoms with Crippen molar-refractivity contribution in [3.05, 3.63) is 64.6 Å². The first-order valence-corrected chi connectivity index (χ1v) is 11.2. The van der Waals surface area contributed by atoms with Gasteiger partial charge in [-0.15, -0.1) is 0 Å². The highest BCUT2D eigenvalue weighted by atomic mass is 79.9. The zero-order valence-electron chi connectivity index (χ0n) is 15.1. The van der Waals surface area contributed by atoms with E-state index in [0.717, 1.165) is 10.0 Å². The van der Waals surface area contributed by atoms with Gasteiger partial charge in [-0.1, -0.05) is 46.3 Å². The molecule has 1 atom stereocenters. The molecule has 1 aliphatic heterocycles. The Balaban J connectivity index is 1.57. The summed E-state index contributed by atoms with van der Waals surface area (Å²) in [6, 6.07) is 16.2. The van der Waals surface area contributed by atoms with Crippen molar-refractivity contribution in [1.29, 1.82) is 0 Å². The summed E-state index contributed by atoms with van der Waals surface area (Å²) in [5.41, 5.74) is 1.04. The summed E-state index contributed by atoms with van der Waals surface area (Å²) in [6.07, 6.45) is 1.07. The molecule has 1 N–H and O–H groups in total. The Morgan fingerprint density at radius 3 is 2.26 bits per heavy atom. The van der Waals surface area contributed by atoms with Gasteiger partial charge in [0.1, 0.15) is 0 Å². The fourth-order valence-electron chi connectivity index (χ4n) is 3.27. The van der Waals surface area contributed by atoms with Crippen molar-refractivity contribution in [3.63, 3.8) is 0 Å². The molecule has 0 bridgehead atoms. The number of carbonyl (C=O) groups excluding carboxylic acids is 1. The number of rotatable bonds is 5. The molecule has 5 nitrogen and oxygen atoms in total. The van der Waals surface area contributed by atoms with Crippen LogP contribution in [0.1, 0.15) is 31.4 Å². The number of amides is 1. The van der Waals surface area contributed by atoms with Gasteiger partial charge in [0.2, 0.25) is 15.9 Å². The maximum absolute atomic E-state index is 12.7. The van der Waals surface area contributed by atoms with Crippen LogP contribution in [0.15, 0.2) is 64.0 Å². The molecule has 1 amide bonds. The van der Waals surface area contributed by atoms with E-state index in [1.54, 1.807) is 30.3 Å². The summed E-state index contributed by atoms with van der Waals surface area (Å²) in [5.74, 6) is -0.174. The molecule has 0 aromatic heterocycles. The van der Waals surface area contributed by atoms with Gasteiger partial charge < -0.3 is 5.32 Å². The second-order valence-electron chi connectivity index (χ2n) is 6.77. The number of hydrogen-bond acceptors (Lipinski definition) is 3. The minimum absolute atomic E-state index is 0.0119. The first kappa shape index (κ1) is 20.0. The third-order valence-corrected chi connectivity index (χ3v) is 7.38. The normalized spacial score (nSPS) is 17.4. The molecule has 27 heavy (non-hydrogen) atoms. The first-order valence-electron chi connectivity index (χ1n) is 8.99. The van der Waals surface area contributed by atoms with Crippen molar-refractivity contribution >= 4 is 31.9 Å². The second-order valence-corrected chi connectivity index (χ2v) is 9.63. The Kier molecular flexibility index (Phi) is 6.34. The van der Waals surface area contributed by atoms with Gasteiger partial charge >= 0.3 is 0 Å². The topological polar surface area (TPSA) is 66.5 Å². The van der Waals surface area contributed by atoms with Crippen molar-refractivity contribution in [3.8, 4) is 0 Å². The molecule has 2 aromatic rings. The van der Waals surface area contributed by atoms with Gasteiger partial charge in [0.15, 0.2) is 0 Å². The van der Waals surface area contributed by atoms with Crippen LogP contribution in [0.3, 0.4) is 0 Å². The largest absolute Gasteiger partial charge is 0.349 e. The molecular weight excluding hydrogens is 428 g/mol. The Morgan fingerprint density at radius 2 is 1.67 bits per heavy atom. The standard InChI is InChI=1S/C20H23BrN2O3S/c1-15(16-7-9-18(21)10-8-16)22-20(24)17-11-13-23(14-12-17)27(25,26)19-5-3-2-4-6-19/h2-10,15,17H,11-14H2,1H3,(H,22,24)/t15-/m0/s1. The molecule has 1 aliphatic rings. The number of nitrogens with zero attached hydrogens (tertiary/aromatic N) is 1. The summed E-state index contributed by atoms with van der Waals surface area (Å²) < 4.78 is 27.8. The Morgan fingerprint density at radius 1 is 1.07 bits per heavy atom. The number of carbonyl (C=O) groups is 1. The maximum Gasteiger partial charge on any atom is 0.243 e. The number of piperidine rings is 1. The van der Waals surface area contributed by atoms with E-state index in [1.165, 1.54) is 4.31 Å². The second kappa shape index (κ2) is 8.54. The lowest BCUT2D eigenvalue weighted by Gasteiger charge is -2.31. The van der Waals surface area contributed by atoms with Crippen molar-refractivity contribution in [2.45, 2.75) is 30.7 Å². The van der Waals surface area contributed by atoms with Crippen LogP contribution in [0.4, 0.5) is 0 Å². The molecule has 1 heterocycles. The minimum Gasteiger partial charge on any atom is -0.349 e. The van der Waals surface area contributed by atoms with Gasteiger partial charge in [-0.25, -0.2) is 8.42 Å². The summed E-state index contributed by atoms with van der Waals surface area (Å²) in [7, 11) is -3.48. The predicted octanol–water partition coefficient (Wildman–Crippen LogP) is 3.73. The van der Waals surface area contributed by atoms with Crippen LogP contribution in [-0.2, 0) is 14.8 Å². The number of sulfonamides is 1. The van der Waals surface area contributed by atoms with Crippen molar-refractivity contribution < 1.29 is 13.2 Å². The minimum atomic E-state index is -3.48. The molecule has 1 saturated heterocycles. The average molecular weight is 451 g/mol. The van der Waals surface area contributed by atoms with Crippen LogP contribution < -0.4 is 5.32 Å². The molecule has 0 spiro atoms. The predicted molar refractivity (Wildman–Crippen MR) is 109 cm³/mol. The zero-order chi connectivity index (χ0) is 19.4. The van der Waals surface area contributed by atoms with E-state index in [-0.39, 0.29) is 17.9 Å². The van der Waals surface area contributed by atoms with Gasteiger partial charge in [0.05, 0.1) is 10.9 Å². The highest BCUT2D eigenvalue weighted by molar-refractivity contribution is 9.10. The van der Waals surface area contributed by atoms with Gasteiger partial charge in [-0.3, -0.25) is 4.79 Å². The Bertz CT molecular complexity index is 877. The van der Waals surface area contributed by atoms with Crippen molar-refractivity contribution in [1.82, 2.24) is 9.62 Å². The Labute approximate surface area is 169 Å². The van der Waals surface area contributed by atoms with E-state index < -0.39 is 10.0 Å². The number of hydrogen-bond donors (Lipinski definition) is 1. The van der Waals surface area contributed by atoms with E-state index >= 15 is 0 Å². The van der Waals surface area contributed by atoms with Crippen LogP contribution >= 0.6 is 15.9 Å². The fourth-order valence-corrected chi connectivity index (χ4v) is 5.02. The quantitative estimate of drug-likeness (QED) is 0.754. The van der Waals surface area contributed by atoms with Crippen molar-refractivity contribution in [2.24, 2.45) is 5.92 Å². The SMILES string of the molecule is C[C@H](NC(=O)C1CCN(S(=O)(=O)c2ccccc2)CC1)c1ccc(Br)cc1. The molecule has 0 aliphatic carbocycles. The maximum atomic E-state index is 12.7. The van der Waals surface area contributed by atoms with Crippen LogP contribution in [-0.4, -0.2) is 31.7 Å². The van der Waals surface area contributed by atoms with Gasteiger partial charge in [-0.2, -0.15) is 4.31 Å². The average Bonchev–Trinajstić information content (AvgIpc) is 2.69. The van der Waals surface area contributed by atoms with Crippen molar-refractivity contribution in [2.75, 3.05) is 13.1 Å². The van der Waals surface area contributed by atoms with Crippen LogP contribution in [0.2, 0.25) is 0 Å². The van der Waals surface area contributed by atoms with E-state index in [1.807, 2.05) is 31.2 Å². The van der Waals surface area contributed by atoms with Gasteiger partial charge in [0.25, 0.3) is 0 Å². The Hall–Kier alpha value is -1.70. The lowest BCUT2D eigenvalue weighted by atomic mass is 9.96. The van der Waals surface area contributed by atoms with E-state index in [4.69, 9.17) is 0 Å². The van der Waals surface area contributed by atoms with Gasteiger partial charge in [0, 0.05) is 23.5 Å². The summed E-state index contributed by atoms with van der Waals surface area (Å²) in [4.78, 5) is 12.9. The molecule has 2 aromatic carbocycles. The molecule has 0 unspecified atom stereocenters. The van der Waals surface area contributed by atoms with E-state index in [9.17, 15) is 13.2 Å². The lowest BCUT2D eigenvalue weighted by molar-refractivity contribution is -0.126. The van der Waals surface area contributed by atoms with Crippen LogP contribution in [0, 0.1) is 5.92 Å². The number of halogens is 1. The molecule has 3 rings (SSSR count). The highest BCUT2D eigenvalue weighted by Crippen LogP contribution is 2.25. The smallest absolute Gasteiger partial charge is 0.243 e. The number of benzene rings is 2. The van der Waals surface area contributed by atoms with Crippen LogP contribution in [0.5, 0.6) is 0 Å². The zero-order valence-corrected chi connectivity index (χ0v) is 17.5. The fraction of sp³-hybridized carbons (Fsp3) is 0.350. The highest BCUT2D eigenvalue weighted by Gasteiger charge is 2.32. The monoisotopic (exact) mass is 450 g/mol. The lowest BCUT2D eigenvalue weighted by Crippen LogP contribution is -2.43.